The molecule has 0 N–H and O–H groups in total. The van der Waals surface area contributed by atoms with Gasteiger partial charge in [0.05, 0.1) is 18.6 Å². The third-order valence-electron chi connectivity index (χ3n) is 4.51. The van der Waals surface area contributed by atoms with E-state index < -0.39 is 9.84 Å². The SMILES string of the molecule is COc1ccc(C(=O)N(Cc2ccc(F)cc2)[C@H]2CCS(=O)(=O)C2)cc1. The van der Waals surface area contributed by atoms with Crippen molar-refractivity contribution in [1.29, 1.82) is 0 Å². The van der Waals surface area contributed by atoms with Gasteiger partial charge in [-0.1, -0.05) is 12.1 Å². The van der Waals surface area contributed by atoms with E-state index in [2.05, 4.69) is 0 Å². The van der Waals surface area contributed by atoms with Gasteiger partial charge in [-0.15, -0.1) is 0 Å². The first-order chi connectivity index (χ1) is 12.4. The van der Waals surface area contributed by atoms with Gasteiger partial charge in [0.1, 0.15) is 11.6 Å². The van der Waals surface area contributed by atoms with Crippen LogP contribution in [0.3, 0.4) is 0 Å². The van der Waals surface area contributed by atoms with Crippen molar-refractivity contribution in [1.82, 2.24) is 4.90 Å². The van der Waals surface area contributed by atoms with E-state index in [4.69, 9.17) is 4.74 Å². The second-order valence-electron chi connectivity index (χ2n) is 6.34. The molecule has 0 aliphatic carbocycles. The minimum absolute atomic E-state index is 0.0455. The highest BCUT2D eigenvalue weighted by Gasteiger charge is 2.35. The number of halogens is 1. The first-order valence-corrected chi connectivity index (χ1v) is 10.1. The standard InChI is InChI=1S/C19H20FNO4S/c1-25-18-8-4-15(5-9-18)19(22)21(17-10-11-26(23,24)13-17)12-14-2-6-16(20)7-3-14/h2-9,17H,10-13H2,1H3/t17-/m0/s1. The molecule has 7 heteroatoms. The second kappa shape index (κ2) is 7.45. The molecular formula is C19H20FNO4S. The molecule has 2 aromatic rings. The molecule has 0 spiro atoms. The number of rotatable bonds is 5. The van der Waals surface area contributed by atoms with Gasteiger partial charge in [-0.2, -0.15) is 0 Å². The minimum Gasteiger partial charge on any atom is -0.497 e. The normalized spacial score (nSPS) is 18.5. The lowest BCUT2D eigenvalue weighted by Gasteiger charge is -2.28. The molecule has 1 amide bonds. The van der Waals surface area contributed by atoms with Gasteiger partial charge in [-0.05, 0) is 48.4 Å². The van der Waals surface area contributed by atoms with Gasteiger partial charge in [0, 0.05) is 18.2 Å². The number of ether oxygens (including phenoxy) is 1. The number of sulfone groups is 1. The predicted molar refractivity (Wildman–Crippen MR) is 96.3 cm³/mol. The van der Waals surface area contributed by atoms with Crippen LogP contribution in [-0.4, -0.2) is 43.9 Å². The van der Waals surface area contributed by atoms with Crippen molar-refractivity contribution in [3.05, 3.63) is 65.5 Å². The number of benzene rings is 2. The van der Waals surface area contributed by atoms with E-state index in [1.54, 1.807) is 48.4 Å². The topological polar surface area (TPSA) is 63.7 Å². The van der Waals surface area contributed by atoms with Crippen LogP contribution in [0.2, 0.25) is 0 Å². The number of hydrogen-bond donors (Lipinski definition) is 0. The van der Waals surface area contributed by atoms with Crippen LogP contribution in [0.15, 0.2) is 48.5 Å². The molecule has 1 fully saturated rings. The van der Waals surface area contributed by atoms with Crippen LogP contribution in [0.1, 0.15) is 22.3 Å². The van der Waals surface area contributed by atoms with E-state index in [1.807, 2.05) is 0 Å². The summed E-state index contributed by atoms with van der Waals surface area (Å²) < 4.78 is 42.0. The van der Waals surface area contributed by atoms with Crippen LogP contribution in [-0.2, 0) is 16.4 Å². The molecule has 0 aromatic heterocycles. The zero-order valence-corrected chi connectivity index (χ0v) is 15.2. The first kappa shape index (κ1) is 18.4. The van der Waals surface area contributed by atoms with Crippen molar-refractivity contribution in [3.8, 4) is 5.75 Å². The summed E-state index contributed by atoms with van der Waals surface area (Å²) in [7, 11) is -1.60. The van der Waals surface area contributed by atoms with E-state index in [0.29, 0.717) is 17.7 Å². The molecule has 1 aliphatic rings. The zero-order chi connectivity index (χ0) is 18.7. The second-order valence-corrected chi connectivity index (χ2v) is 8.57. The van der Waals surface area contributed by atoms with Gasteiger partial charge in [0.2, 0.25) is 0 Å². The van der Waals surface area contributed by atoms with Crippen molar-refractivity contribution in [2.45, 2.75) is 19.0 Å². The Labute approximate surface area is 152 Å². The fourth-order valence-electron chi connectivity index (χ4n) is 3.07. The number of hydrogen-bond acceptors (Lipinski definition) is 4. The summed E-state index contributed by atoms with van der Waals surface area (Å²) >= 11 is 0. The molecule has 0 radical (unpaired) electrons. The summed E-state index contributed by atoms with van der Waals surface area (Å²) in [5, 5.41) is 0. The maximum atomic E-state index is 13.1. The summed E-state index contributed by atoms with van der Waals surface area (Å²) in [4.78, 5) is 14.6. The summed E-state index contributed by atoms with van der Waals surface area (Å²) in [6, 6.07) is 12.2. The fourth-order valence-corrected chi connectivity index (χ4v) is 4.80. The molecular weight excluding hydrogens is 357 g/mol. The number of carbonyl (C=O) groups excluding carboxylic acids is 1. The Bertz CT molecular complexity index is 879. The Morgan fingerprint density at radius 2 is 1.81 bits per heavy atom. The maximum absolute atomic E-state index is 13.1. The van der Waals surface area contributed by atoms with Gasteiger partial charge in [-0.3, -0.25) is 4.79 Å². The third kappa shape index (κ3) is 4.22. The smallest absolute Gasteiger partial charge is 0.254 e. The number of nitrogens with zero attached hydrogens (tertiary/aromatic N) is 1. The summed E-state index contributed by atoms with van der Waals surface area (Å²) in [5.41, 5.74) is 1.20. The van der Waals surface area contributed by atoms with E-state index in [1.165, 1.54) is 12.1 Å². The summed E-state index contributed by atoms with van der Waals surface area (Å²) in [6.45, 7) is 0.228. The molecule has 5 nitrogen and oxygen atoms in total. The van der Waals surface area contributed by atoms with Gasteiger partial charge in [0.25, 0.3) is 5.91 Å². The lowest BCUT2D eigenvalue weighted by molar-refractivity contribution is 0.0681. The molecule has 1 saturated heterocycles. The van der Waals surface area contributed by atoms with Gasteiger partial charge >= 0.3 is 0 Å². The Hall–Kier alpha value is -2.41. The summed E-state index contributed by atoms with van der Waals surface area (Å²) in [5.74, 6) is 0.0585. The highest BCUT2D eigenvalue weighted by molar-refractivity contribution is 7.91. The van der Waals surface area contributed by atoms with Gasteiger partial charge in [0.15, 0.2) is 9.84 Å². The highest BCUT2D eigenvalue weighted by Crippen LogP contribution is 2.23. The number of amides is 1. The molecule has 0 unspecified atom stereocenters. The number of methoxy groups -OCH3 is 1. The Kier molecular flexibility index (Phi) is 5.27. The third-order valence-corrected chi connectivity index (χ3v) is 6.26. The van der Waals surface area contributed by atoms with Crippen LogP contribution in [0.4, 0.5) is 4.39 Å². The van der Waals surface area contributed by atoms with Crippen molar-refractivity contribution in [2.75, 3.05) is 18.6 Å². The van der Waals surface area contributed by atoms with Crippen molar-refractivity contribution in [3.63, 3.8) is 0 Å². The van der Waals surface area contributed by atoms with Crippen LogP contribution >= 0.6 is 0 Å². The van der Waals surface area contributed by atoms with Crippen LogP contribution < -0.4 is 4.74 Å². The highest BCUT2D eigenvalue weighted by atomic mass is 32.2. The quantitative estimate of drug-likeness (QED) is 0.804. The molecule has 1 atom stereocenters. The molecule has 0 saturated carbocycles. The van der Waals surface area contributed by atoms with Crippen molar-refractivity contribution < 1.29 is 22.3 Å². The molecule has 1 aliphatic heterocycles. The van der Waals surface area contributed by atoms with E-state index in [0.717, 1.165) is 5.56 Å². The molecule has 26 heavy (non-hydrogen) atoms. The molecule has 138 valence electrons. The van der Waals surface area contributed by atoms with Crippen LogP contribution in [0, 0.1) is 5.82 Å². The average Bonchev–Trinajstić information content (AvgIpc) is 3.00. The van der Waals surface area contributed by atoms with Crippen molar-refractivity contribution in [2.24, 2.45) is 0 Å². The summed E-state index contributed by atoms with van der Waals surface area (Å²) in [6.07, 6.45) is 0.408. The Morgan fingerprint density at radius 1 is 1.15 bits per heavy atom. The minimum atomic E-state index is -3.14. The maximum Gasteiger partial charge on any atom is 0.254 e. The van der Waals surface area contributed by atoms with E-state index >= 15 is 0 Å². The Morgan fingerprint density at radius 3 is 2.35 bits per heavy atom. The molecule has 2 aromatic carbocycles. The zero-order valence-electron chi connectivity index (χ0n) is 14.4. The van der Waals surface area contributed by atoms with Crippen molar-refractivity contribution >= 4 is 15.7 Å². The lowest BCUT2D eigenvalue weighted by atomic mass is 10.1. The van der Waals surface area contributed by atoms with Crippen LogP contribution in [0.25, 0.3) is 0 Å². The van der Waals surface area contributed by atoms with Gasteiger partial charge in [-0.25, -0.2) is 12.8 Å². The molecule has 3 rings (SSSR count). The predicted octanol–water partition coefficient (Wildman–Crippen LogP) is 2.66. The first-order valence-electron chi connectivity index (χ1n) is 8.28. The molecule has 0 bridgehead atoms. The van der Waals surface area contributed by atoms with E-state index in [-0.39, 0.29) is 35.8 Å². The van der Waals surface area contributed by atoms with E-state index in [9.17, 15) is 17.6 Å². The monoisotopic (exact) mass is 377 g/mol. The number of carbonyl (C=O) groups is 1. The Balaban J connectivity index is 1.88. The average molecular weight is 377 g/mol. The molecule has 1 heterocycles. The largest absolute Gasteiger partial charge is 0.497 e. The lowest BCUT2D eigenvalue weighted by Crippen LogP contribution is -2.40. The fraction of sp³-hybridized carbons (Fsp3) is 0.316. The van der Waals surface area contributed by atoms with Crippen LogP contribution in [0.5, 0.6) is 5.75 Å². The van der Waals surface area contributed by atoms with Gasteiger partial charge < -0.3 is 9.64 Å².